The molecule has 0 saturated heterocycles. The Hall–Kier alpha value is -2.70. The molecule has 0 saturated carbocycles. The lowest BCUT2D eigenvalue weighted by Crippen LogP contribution is -2.17. The second kappa shape index (κ2) is 8.79. The highest BCUT2D eigenvalue weighted by molar-refractivity contribution is 9.10. The van der Waals surface area contributed by atoms with Crippen molar-refractivity contribution in [3.63, 3.8) is 0 Å². The summed E-state index contributed by atoms with van der Waals surface area (Å²) in [6, 6.07) is 16.9. The average Bonchev–Trinajstić information content (AvgIpc) is 2.68. The SMILES string of the molecule is O=C(COc1ccccc1C(=O)Nc1ccc(Cl)cn1)c1ccc(Br)cc1. The van der Waals surface area contributed by atoms with Crippen molar-refractivity contribution in [2.75, 3.05) is 11.9 Å². The highest BCUT2D eigenvalue weighted by Gasteiger charge is 2.14. The highest BCUT2D eigenvalue weighted by Crippen LogP contribution is 2.20. The van der Waals surface area contributed by atoms with E-state index in [1.165, 1.54) is 6.20 Å². The van der Waals surface area contributed by atoms with Crippen molar-refractivity contribution in [1.82, 2.24) is 4.98 Å². The quantitative estimate of drug-likeness (QED) is 0.542. The Balaban J connectivity index is 1.69. The van der Waals surface area contributed by atoms with E-state index in [2.05, 4.69) is 26.2 Å². The number of amides is 1. The molecule has 2 aromatic carbocycles. The first-order chi connectivity index (χ1) is 13.0. The number of aromatic nitrogens is 1. The monoisotopic (exact) mass is 444 g/mol. The molecule has 1 N–H and O–H groups in total. The second-order valence-corrected chi connectivity index (χ2v) is 6.88. The summed E-state index contributed by atoms with van der Waals surface area (Å²) in [5.74, 6) is 0.105. The number of hydrogen-bond donors (Lipinski definition) is 1. The van der Waals surface area contributed by atoms with Crippen LogP contribution >= 0.6 is 27.5 Å². The van der Waals surface area contributed by atoms with Crippen LogP contribution in [0.3, 0.4) is 0 Å². The van der Waals surface area contributed by atoms with Gasteiger partial charge in [-0.25, -0.2) is 4.98 Å². The summed E-state index contributed by atoms with van der Waals surface area (Å²) in [6.45, 7) is -0.175. The minimum atomic E-state index is -0.392. The number of Topliss-reactive ketones (excluding diaryl/α,β-unsaturated/α-hetero) is 1. The molecule has 3 rings (SSSR count). The zero-order valence-electron chi connectivity index (χ0n) is 14.0. The van der Waals surface area contributed by atoms with Crippen molar-refractivity contribution in [1.29, 1.82) is 0 Å². The van der Waals surface area contributed by atoms with E-state index in [9.17, 15) is 9.59 Å². The number of carbonyl (C=O) groups excluding carboxylic acids is 2. The molecule has 0 aliphatic rings. The number of benzene rings is 2. The molecule has 1 heterocycles. The van der Waals surface area contributed by atoms with Crippen molar-refractivity contribution in [3.05, 3.63) is 87.5 Å². The second-order valence-electron chi connectivity index (χ2n) is 5.53. The zero-order chi connectivity index (χ0) is 19.2. The van der Waals surface area contributed by atoms with Gasteiger partial charge in [-0.15, -0.1) is 0 Å². The molecule has 1 amide bonds. The van der Waals surface area contributed by atoms with Crippen molar-refractivity contribution < 1.29 is 14.3 Å². The molecule has 0 atom stereocenters. The Kier molecular flexibility index (Phi) is 6.21. The molecular weight excluding hydrogens is 432 g/mol. The lowest BCUT2D eigenvalue weighted by Gasteiger charge is -2.11. The number of nitrogens with one attached hydrogen (secondary N) is 1. The predicted octanol–water partition coefficient (Wildman–Crippen LogP) is 5.01. The molecule has 0 spiro atoms. The van der Waals surface area contributed by atoms with Crippen LogP contribution in [-0.4, -0.2) is 23.3 Å². The molecule has 7 heteroatoms. The minimum Gasteiger partial charge on any atom is -0.485 e. The smallest absolute Gasteiger partial charge is 0.260 e. The summed E-state index contributed by atoms with van der Waals surface area (Å²) in [7, 11) is 0. The van der Waals surface area contributed by atoms with Gasteiger partial charge in [0.05, 0.1) is 10.6 Å². The fourth-order valence-electron chi connectivity index (χ4n) is 2.28. The molecule has 3 aromatic rings. The third kappa shape index (κ3) is 5.15. The number of ketones is 1. The molecule has 0 radical (unpaired) electrons. The molecule has 0 unspecified atom stereocenters. The van der Waals surface area contributed by atoms with Gasteiger partial charge in [0, 0.05) is 16.2 Å². The number of anilines is 1. The lowest BCUT2D eigenvalue weighted by atomic mass is 10.1. The van der Waals surface area contributed by atoms with Crippen molar-refractivity contribution in [3.8, 4) is 5.75 Å². The third-order valence-electron chi connectivity index (χ3n) is 3.63. The zero-order valence-corrected chi connectivity index (χ0v) is 16.3. The Labute approximate surface area is 169 Å². The van der Waals surface area contributed by atoms with Crippen LogP contribution in [0.4, 0.5) is 5.82 Å². The van der Waals surface area contributed by atoms with Crippen molar-refractivity contribution in [2.24, 2.45) is 0 Å². The standard InChI is InChI=1S/C20H14BrClN2O3/c21-14-7-5-13(6-8-14)17(25)12-27-18-4-2-1-3-16(18)20(26)24-19-10-9-15(22)11-23-19/h1-11H,12H2,(H,23,24,26). The van der Waals surface area contributed by atoms with Crippen LogP contribution in [0.1, 0.15) is 20.7 Å². The highest BCUT2D eigenvalue weighted by atomic mass is 79.9. The average molecular weight is 446 g/mol. The van der Waals surface area contributed by atoms with Gasteiger partial charge in [0.25, 0.3) is 5.91 Å². The lowest BCUT2D eigenvalue weighted by molar-refractivity contribution is 0.0914. The van der Waals surface area contributed by atoms with Gasteiger partial charge < -0.3 is 10.1 Å². The molecular formula is C20H14BrClN2O3. The largest absolute Gasteiger partial charge is 0.485 e. The van der Waals surface area contributed by atoms with Crippen molar-refractivity contribution in [2.45, 2.75) is 0 Å². The molecule has 0 bridgehead atoms. The summed E-state index contributed by atoms with van der Waals surface area (Å²) in [4.78, 5) is 28.8. The van der Waals surface area contributed by atoms with Crippen LogP contribution in [0, 0.1) is 0 Å². The van der Waals surface area contributed by atoms with Crippen molar-refractivity contribution >= 4 is 45.0 Å². The normalized spacial score (nSPS) is 10.3. The topological polar surface area (TPSA) is 68.3 Å². The molecule has 5 nitrogen and oxygen atoms in total. The number of rotatable bonds is 6. The maximum absolute atomic E-state index is 12.5. The van der Waals surface area contributed by atoms with Gasteiger partial charge in [-0.2, -0.15) is 0 Å². The summed E-state index contributed by atoms with van der Waals surface area (Å²) in [6.07, 6.45) is 1.44. The number of carbonyl (C=O) groups is 2. The predicted molar refractivity (Wildman–Crippen MR) is 108 cm³/mol. The molecule has 1 aromatic heterocycles. The van der Waals surface area contributed by atoms with Crippen LogP contribution in [0.25, 0.3) is 0 Å². The Morgan fingerprint density at radius 2 is 1.78 bits per heavy atom. The Morgan fingerprint density at radius 3 is 2.48 bits per heavy atom. The van der Waals surface area contributed by atoms with Gasteiger partial charge in [-0.05, 0) is 36.4 Å². The summed E-state index contributed by atoms with van der Waals surface area (Å²) < 4.78 is 6.48. The number of nitrogens with zero attached hydrogens (tertiary/aromatic N) is 1. The molecule has 0 fully saturated rings. The molecule has 27 heavy (non-hydrogen) atoms. The number of pyridine rings is 1. The van der Waals surface area contributed by atoms with Gasteiger partial charge in [-0.1, -0.05) is 51.8 Å². The van der Waals surface area contributed by atoms with Crippen LogP contribution < -0.4 is 10.1 Å². The van der Waals surface area contributed by atoms with Gasteiger partial charge in [0.1, 0.15) is 11.6 Å². The van der Waals surface area contributed by atoms with Crippen LogP contribution in [0.15, 0.2) is 71.3 Å². The first-order valence-corrected chi connectivity index (χ1v) is 9.13. The fraction of sp³-hybridized carbons (Fsp3) is 0.0500. The van der Waals surface area contributed by atoms with E-state index in [1.54, 1.807) is 60.7 Å². The van der Waals surface area contributed by atoms with Crippen LogP contribution in [-0.2, 0) is 0 Å². The number of ether oxygens (including phenoxy) is 1. The van der Waals surface area contributed by atoms with Crippen LogP contribution in [0.5, 0.6) is 5.75 Å². The number of halogens is 2. The minimum absolute atomic E-state index is 0.175. The maximum atomic E-state index is 12.5. The Bertz CT molecular complexity index is 960. The summed E-state index contributed by atoms with van der Waals surface area (Å²) in [5, 5.41) is 3.15. The number of hydrogen-bond acceptors (Lipinski definition) is 4. The van der Waals surface area contributed by atoms with E-state index >= 15 is 0 Å². The number of para-hydroxylation sites is 1. The van der Waals surface area contributed by atoms with Gasteiger partial charge in [0.15, 0.2) is 12.4 Å². The molecule has 0 aliphatic heterocycles. The fourth-order valence-corrected chi connectivity index (χ4v) is 2.65. The van der Waals surface area contributed by atoms with Gasteiger partial charge in [-0.3, -0.25) is 9.59 Å². The Morgan fingerprint density at radius 1 is 1.04 bits per heavy atom. The van der Waals surface area contributed by atoms with E-state index in [1.807, 2.05) is 0 Å². The van der Waals surface area contributed by atoms with Gasteiger partial charge >= 0.3 is 0 Å². The third-order valence-corrected chi connectivity index (χ3v) is 4.38. The van der Waals surface area contributed by atoms with E-state index in [0.29, 0.717) is 27.7 Å². The van der Waals surface area contributed by atoms with E-state index in [4.69, 9.17) is 16.3 Å². The van der Waals surface area contributed by atoms with E-state index in [0.717, 1.165) is 4.47 Å². The van der Waals surface area contributed by atoms with E-state index in [-0.39, 0.29) is 12.4 Å². The summed E-state index contributed by atoms with van der Waals surface area (Å²) >= 11 is 9.12. The van der Waals surface area contributed by atoms with E-state index < -0.39 is 5.91 Å². The maximum Gasteiger partial charge on any atom is 0.260 e. The first kappa shape index (κ1) is 19.1. The molecule has 136 valence electrons. The summed E-state index contributed by atoms with van der Waals surface area (Å²) in [5.41, 5.74) is 0.836. The van der Waals surface area contributed by atoms with Crippen LogP contribution in [0.2, 0.25) is 5.02 Å². The van der Waals surface area contributed by atoms with Gasteiger partial charge in [0.2, 0.25) is 0 Å². The molecule has 0 aliphatic carbocycles. The first-order valence-electron chi connectivity index (χ1n) is 7.96.